The number of carbonyl (C=O) groups is 2. The van der Waals surface area contributed by atoms with Gasteiger partial charge in [-0.15, -0.1) is 0 Å². The van der Waals surface area contributed by atoms with Gasteiger partial charge in [0.15, 0.2) is 13.9 Å². The average Bonchev–Trinajstić information content (AvgIpc) is 3.37. The van der Waals surface area contributed by atoms with Gasteiger partial charge in [-0.05, 0) is 55.4 Å². The number of amides is 2. The highest BCUT2D eigenvalue weighted by Crippen LogP contribution is 2.60. The first-order valence-corrected chi connectivity index (χ1v) is 16.6. The summed E-state index contributed by atoms with van der Waals surface area (Å²) in [6, 6.07) is 20.8. The molecule has 0 aliphatic carbocycles. The van der Waals surface area contributed by atoms with Crippen molar-refractivity contribution in [2.45, 2.75) is 50.2 Å². The molecule has 2 heterocycles. The molecule has 0 saturated carbocycles. The van der Waals surface area contributed by atoms with E-state index in [2.05, 4.69) is 0 Å². The molecule has 1 spiro atoms. The van der Waals surface area contributed by atoms with Crippen LogP contribution >= 0.6 is 0 Å². The second-order valence-corrected chi connectivity index (χ2v) is 15.2. The van der Waals surface area contributed by atoms with Gasteiger partial charge in [0.05, 0.1) is 23.3 Å². The largest absolute Gasteiger partial charge is 0.432 e. The number of nitro benzene ring substituents is 1. The van der Waals surface area contributed by atoms with E-state index in [0.29, 0.717) is 16.9 Å². The Balaban J connectivity index is 1.53. The molecule has 1 saturated heterocycles. The number of ether oxygens (including phenoxy) is 1. The Kier molecular flexibility index (Phi) is 7.55. The minimum atomic E-state index is -2.89. The van der Waals surface area contributed by atoms with Crippen molar-refractivity contribution >= 4 is 43.4 Å². The molecule has 3 aromatic carbocycles. The van der Waals surface area contributed by atoms with Crippen molar-refractivity contribution in [1.82, 2.24) is 0 Å². The number of anilines is 3. The molecule has 3 aromatic rings. The van der Waals surface area contributed by atoms with Crippen LogP contribution in [-0.2, 0) is 26.5 Å². The maximum Gasteiger partial charge on any atom is 0.269 e. The van der Waals surface area contributed by atoms with Crippen molar-refractivity contribution < 1.29 is 29.2 Å². The van der Waals surface area contributed by atoms with E-state index in [1.54, 1.807) is 36.2 Å². The SMILES string of the molecule is C[C@H]1[C@H]([Si](C)(C)O)[C@@H](CCO)O[C@]12C(=O)N(Cc1ccc(N(C=O)c3ccccc3)cc1)c1ccc([N+](=O)[O-])cc12. The lowest BCUT2D eigenvalue weighted by atomic mass is 9.82. The molecule has 2 aliphatic rings. The highest BCUT2D eigenvalue weighted by Gasteiger charge is 2.66. The molecule has 5 rings (SSSR count). The van der Waals surface area contributed by atoms with Gasteiger partial charge in [0.25, 0.3) is 11.6 Å². The second-order valence-electron chi connectivity index (χ2n) is 11.2. The van der Waals surface area contributed by atoms with E-state index in [4.69, 9.17) is 4.74 Å². The summed E-state index contributed by atoms with van der Waals surface area (Å²) in [4.78, 5) is 51.7. The van der Waals surface area contributed by atoms with E-state index in [0.717, 1.165) is 17.7 Å². The summed E-state index contributed by atoms with van der Waals surface area (Å²) in [6.07, 6.45) is 0.399. The first kappa shape index (κ1) is 28.6. The number of hydrogen-bond donors (Lipinski definition) is 2. The van der Waals surface area contributed by atoms with Gasteiger partial charge >= 0.3 is 0 Å². The van der Waals surface area contributed by atoms with E-state index in [9.17, 15) is 29.6 Å². The highest BCUT2D eigenvalue weighted by molar-refractivity contribution is 6.71. The molecule has 0 aromatic heterocycles. The zero-order chi connectivity index (χ0) is 29.5. The average molecular weight is 576 g/mol. The Labute approximate surface area is 239 Å². The summed E-state index contributed by atoms with van der Waals surface area (Å²) in [6.45, 7) is 5.41. The van der Waals surface area contributed by atoms with Crippen molar-refractivity contribution in [3.8, 4) is 0 Å². The van der Waals surface area contributed by atoms with Crippen LogP contribution in [0.4, 0.5) is 22.7 Å². The van der Waals surface area contributed by atoms with Crippen molar-refractivity contribution in [3.05, 3.63) is 94.0 Å². The van der Waals surface area contributed by atoms with E-state index < -0.39 is 30.9 Å². The van der Waals surface area contributed by atoms with Crippen molar-refractivity contribution in [1.29, 1.82) is 0 Å². The Morgan fingerprint density at radius 2 is 1.76 bits per heavy atom. The smallest absolute Gasteiger partial charge is 0.269 e. The minimum Gasteiger partial charge on any atom is -0.432 e. The molecule has 2 aliphatic heterocycles. The van der Waals surface area contributed by atoms with Gasteiger partial charge in [0.1, 0.15) is 0 Å². The first-order valence-electron chi connectivity index (χ1n) is 13.5. The summed E-state index contributed by atoms with van der Waals surface area (Å²) in [5, 5.41) is 21.5. The first-order chi connectivity index (χ1) is 19.5. The number of aliphatic hydroxyl groups is 1. The topological polar surface area (TPSA) is 133 Å². The molecule has 11 heteroatoms. The van der Waals surface area contributed by atoms with E-state index in [1.165, 1.54) is 17.0 Å². The summed E-state index contributed by atoms with van der Waals surface area (Å²) in [5.41, 5.74) is 1.02. The molecule has 10 nitrogen and oxygen atoms in total. The molecule has 2 N–H and O–H groups in total. The Bertz CT molecular complexity index is 1460. The van der Waals surface area contributed by atoms with Crippen molar-refractivity contribution in [2.24, 2.45) is 5.92 Å². The van der Waals surface area contributed by atoms with Crippen LogP contribution in [0.25, 0.3) is 0 Å². The van der Waals surface area contributed by atoms with E-state index in [1.807, 2.05) is 49.4 Å². The maximum atomic E-state index is 14.4. The minimum absolute atomic E-state index is 0.157. The normalized spacial score (nSPS) is 23.6. The van der Waals surface area contributed by atoms with Crippen LogP contribution in [0.2, 0.25) is 18.6 Å². The molecule has 214 valence electrons. The van der Waals surface area contributed by atoms with Crippen molar-refractivity contribution in [3.63, 3.8) is 0 Å². The quantitative estimate of drug-likeness (QED) is 0.165. The predicted octanol–water partition coefficient (Wildman–Crippen LogP) is 4.62. The molecular weight excluding hydrogens is 542 g/mol. The monoisotopic (exact) mass is 575 g/mol. The molecule has 41 heavy (non-hydrogen) atoms. The number of fused-ring (bicyclic) bond motifs is 2. The van der Waals surface area contributed by atoms with E-state index >= 15 is 0 Å². The fourth-order valence-corrected chi connectivity index (χ4v) is 9.14. The number of benzene rings is 3. The molecule has 0 bridgehead atoms. The number of non-ortho nitro benzene ring substituents is 1. The third-order valence-corrected chi connectivity index (χ3v) is 10.8. The lowest BCUT2D eigenvalue weighted by molar-refractivity contribution is -0.385. The predicted molar refractivity (Wildman–Crippen MR) is 156 cm³/mol. The number of para-hydroxylation sites is 1. The molecule has 0 unspecified atom stereocenters. The summed E-state index contributed by atoms with van der Waals surface area (Å²) < 4.78 is 6.51. The van der Waals surface area contributed by atoms with Crippen LogP contribution in [0.5, 0.6) is 0 Å². The van der Waals surface area contributed by atoms with Gasteiger partial charge in [0, 0.05) is 47.1 Å². The van der Waals surface area contributed by atoms with Crippen LogP contribution in [-0.4, -0.2) is 48.2 Å². The third kappa shape index (κ3) is 4.84. The van der Waals surface area contributed by atoms with Gasteiger partial charge in [-0.3, -0.25) is 24.6 Å². The fourth-order valence-electron chi connectivity index (χ4n) is 6.54. The molecule has 1 fully saturated rings. The number of nitrogens with zero attached hydrogens (tertiary/aromatic N) is 3. The van der Waals surface area contributed by atoms with E-state index in [-0.39, 0.29) is 36.7 Å². The number of aliphatic hydroxyl groups excluding tert-OH is 1. The highest BCUT2D eigenvalue weighted by atomic mass is 28.4. The fraction of sp³-hybridized carbons (Fsp3) is 0.333. The lowest BCUT2D eigenvalue weighted by Gasteiger charge is -2.32. The molecule has 4 atom stereocenters. The summed E-state index contributed by atoms with van der Waals surface area (Å²) in [7, 11) is -2.89. The molecule has 0 radical (unpaired) electrons. The number of rotatable bonds is 9. The van der Waals surface area contributed by atoms with Gasteiger partial charge < -0.3 is 19.5 Å². The van der Waals surface area contributed by atoms with Gasteiger partial charge in [-0.25, -0.2) is 0 Å². The summed E-state index contributed by atoms with van der Waals surface area (Å²) >= 11 is 0. The zero-order valence-electron chi connectivity index (χ0n) is 23.1. The number of carbonyl (C=O) groups excluding carboxylic acids is 2. The van der Waals surface area contributed by atoms with Gasteiger partial charge in [-0.2, -0.15) is 0 Å². The Hall–Kier alpha value is -3.90. The Morgan fingerprint density at radius 3 is 2.34 bits per heavy atom. The van der Waals surface area contributed by atoms with Crippen molar-refractivity contribution in [2.75, 3.05) is 16.4 Å². The van der Waals surface area contributed by atoms with Gasteiger partial charge in [0.2, 0.25) is 6.41 Å². The number of nitro groups is 1. The standard InChI is InChI=1S/C30H33N3O7Si/c1-20-28(41(2,3)39)27(15-16-34)40-30(20)25-17-24(33(37)38)13-14-26(25)31(29(30)36)18-21-9-11-23(12-10-21)32(19-35)22-7-5-4-6-8-22/h4-14,17,19-20,27-28,34,39H,15-16,18H2,1-3H3/t20-,27+,28-,30+/m0/s1. The number of hydrogen-bond acceptors (Lipinski definition) is 7. The lowest BCUT2D eigenvalue weighted by Crippen LogP contribution is -2.46. The third-order valence-electron chi connectivity index (χ3n) is 8.29. The van der Waals surface area contributed by atoms with Crippen LogP contribution < -0.4 is 9.80 Å². The molecule has 2 amide bonds. The molecular formula is C30H33N3O7Si. The van der Waals surface area contributed by atoms with Crippen LogP contribution in [0, 0.1) is 16.0 Å². The summed E-state index contributed by atoms with van der Waals surface area (Å²) in [5.74, 6) is -0.842. The van der Waals surface area contributed by atoms with Crippen LogP contribution in [0.3, 0.4) is 0 Å². The Morgan fingerprint density at radius 1 is 1.10 bits per heavy atom. The second kappa shape index (κ2) is 10.8. The maximum absolute atomic E-state index is 14.4. The zero-order valence-corrected chi connectivity index (χ0v) is 24.1. The van der Waals surface area contributed by atoms with Crippen LogP contribution in [0.15, 0.2) is 72.8 Å². The van der Waals surface area contributed by atoms with Gasteiger partial charge in [-0.1, -0.05) is 37.3 Å². The van der Waals surface area contributed by atoms with Crippen LogP contribution in [0.1, 0.15) is 24.5 Å².